The van der Waals surface area contributed by atoms with Crippen molar-refractivity contribution < 1.29 is 9.53 Å². The van der Waals surface area contributed by atoms with E-state index in [0.717, 1.165) is 18.4 Å². The highest BCUT2D eigenvalue weighted by molar-refractivity contribution is 7.99. The molecular weight excluding hydrogens is 298 g/mol. The molecule has 6 heteroatoms. The lowest BCUT2D eigenvalue weighted by Gasteiger charge is -2.51. The number of ether oxygens (including phenoxy) is 1. The van der Waals surface area contributed by atoms with Crippen LogP contribution in [0.5, 0.6) is 0 Å². The van der Waals surface area contributed by atoms with Crippen LogP contribution in [-0.4, -0.2) is 86.2 Å². The number of carbonyl (C=O) groups excluding carboxylic acids is 1. The van der Waals surface area contributed by atoms with Gasteiger partial charge in [0.15, 0.2) is 0 Å². The van der Waals surface area contributed by atoms with Crippen molar-refractivity contribution in [2.75, 3.05) is 64.5 Å². The SMILES string of the molecule is COCC(=O)NC[C@H]1C[C@@H]2CCN1C[C@@H]2CN1CCSCC1. The van der Waals surface area contributed by atoms with E-state index < -0.39 is 0 Å². The van der Waals surface area contributed by atoms with Gasteiger partial charge in [-0.15, -0.1) is 0 Å². The van der Waals surface area contributed by atoms with Crippen LogP contribution in [-0.2, 0) is 9.53 Å². The van der Waals surface area contributed by atoms with Crippen molar-refractivity contribution in [2.24, 2.45) is 11.8 Å². The van der Waals surface area contributed by atoms with Crippen molar-refractivity contribution in [3.63, 3.8) is 0 Å². The monoisotopic (exact) mass is 327 g/mol. The number of nitrogens with zero attached hydrogens (tertiary/aromatic N) is 2. The molecule has 1 amide bonds. The van der Waals surface area contributed by atoms with Crippen LogP contribution in [0.1, 0.15) is 12.8 Å². The fourth-order valence-corrected chi connectivity index (χ4v) is 5.18. The highest BCUT2D eigenvalue weighted by Gasteiger charge is 2.40. The van der Waals surface area contributed by atoms with Gasteiger partial charge in [0.1, 0.15) is 6.61 Å². The summed E-state index contributed by atoms with van der Waals surface area (Å²) in [6.07, 6.45) is 2.59. The van der Waals surface area contributed by atoms with Crippen molar-refractivity contribution in [1.82, 2.24) is 15.1 Å². The van der Waals surface area contributed by atoms with Crippen LogP contribution in [0.3, 0.4) is 0 Å². The second-order valence-corrected chi connectivity index (χ2v) is 8.07. The van der Waals surface area contributed by atoms with Gasteiger partial charge in [-0.3, -0.25) is 9.69 Å². The van der Waals surface area contributed by atoms with Crippen molar-refractivity contribution in [3.05, 3.63) is 0 Å². The summed E-state index contributed by atoms with van der Waals surface area (Å²) in [7, 11) is 1.56. The molecule has 22 heavy (non-hydrogen) atoms. The summed E-state index contributed by atoms with van der Waals surface area (Å²) in [5.74, 6) is 4.30. The van der Waals surface area contributed by atoms with Gasteiger partial charge in [-0.25, -0.2) is 0 Å². The molecule has 0 aliphatic carbocycles. The Morgan fingerprint density at radius 1 is 1.32 bits per heavy atom. The molecule has 0 aromatic heterocycles. The number of fused-ring (bicyclic) bond motifs is 3. The van der Waals surface area contributed by atoms with Gasteiger partial charge in [-0.05, 0) is 31.2 Å². The zero-order valence-corrected chi connectivity index (χ0v) is 14.4. The molecule has 0 aromatic rings. The third kappa shape index (κ3) is 4.16. The van der Waals surface area contributed by atoms with Gasteiger partial charge >= 0.3 is 0 Å². The first-order chi connectivity index (χ1) is 10.8. The fraction of sp³-hybridized carbons (Fsp3) is 0.938. The summed E-state index contributed by atoms with van der Waals surface area (Å²) in [6.45, 7) is 7.21. The molecule has 4 rings (SSSR count). The van der Waals surface area contributed by atoms with Crippen LogP contribution in [0.15, 0.2) is 0 Å². The lowest BCUT2D eigenvalue weighted by atomic mass is 9.75. The molecule has 5 nitrogen and oxygen atoms in total. The van der Waals surface area contributed by atoms with Crippen molar-refractivity contribution in [2.45, 2.75) is 18.9 Å². The molecule has 4 heterocycles. The van der Waals surface area contributed by atoms with Gasteiger partial charge in [-0.1, -0.05) is 0 Å². The Morgan fingerprint density at radius 3 is 2.82 bits per heavy atom. The minimum absolute atomic E-state index is 0.00696. The second kappa shape index (κ2) is 7.99. The highest BCUT2D eigenvalue weighted by atomic mass is 32.2. The summed E-state index contributed by atoms with van der Waals surface area (Å²) in [5.41, 5.74) is 0. The summed E-state index contributed by atoms with van der Waals surface area (Å²) in [5, 5.41) is 3.02. The third-order valence-corrected chi connectivity index (χ3v) is 6.36. The van der Waals surface area contributed by atoms with Crippen molar-refractivity contribution >= 4 is 17.7 Å². The average molecular weight is 327 g/mol. The van der Waals surface area contributed by atoms with Gasteiger partial charge in [0.2, 0.25) is 5.91 Å². The minimum atomic E-state index is 0.00696. The molecule has 0 aromatic carbocycles. The third-order valence-electron chi connectivity index (χ3n) is 5.42. The van der Waals surface area contributed by atoms with E-state index in [9.17, 15) is 4.79 Å². The number of hydrogen-bond donors (Lipinski definition) is 1. The van der Waals surface area contributed by atoms with E-state index in [0.29, 0.717) is 6.04 Å². The fourth-order valence-electron chi connectivity index (χ4n) is 4.20. The van der Waals surface area contributed by atoms with E-state index in [4.69, 9.17) is 4.74 Å². The zero-order chi connectivity index (χ0) is 15.4. The van der Waals surface area contributed by atoms with Gasteiger partial charge in [0.05, 0.1) is 0 Å². The van der Waals surface area contributed by atoms with Crippen LogP contribution < -0.4 is 5.32 Å². The Hall–Kier alpha value is -0.300. The predicted molar refractivity (Wildman–Crippen MR) is 90.2 cm³/mol. The maximum absolute atomic E-state index is 11.6. The highest BCUT2D eigenvalue weighted by Crippen LogP contribution is 2.36. The second-order valence-electron chi connectivity index (χ2n) is 6.84. The largest absolute Gasteiger partial charge is 0.375 e. The maximum atomic E-state index is 11.6. The van der Waals surface area contributed by atoms with Gasteiger partial charge < -0.3 is 15.0 Å². The van der Waals surface area contributed by atoms with Crippen LogP contribution in [0, 0.1) is 11.8 Å². The summed E-state index contributed by atoms with van der Waals surface area (Å²) in [6, 6.07) is 0.535. The van der Waals surface area contributed by atoms with E-state index in [1.54, 1.807) is 7.11 Å². The number of nitrogens with one attached hydrogen (secondary N) is 1. The van der Waals surface area contributed by atoms with Crippen LogP contribution in [0.2, 0.25) is 0 Å². The first-order valence-corrected chi connectivity index (χ1v) is 9.71. The first-order valence-electron chi connectivity index (χ1n) is 8.56. The van der Waals surface area contributed by atoms with Crippen LogP contribution in [0.4, 0.5) is 0 Å². The molecule has 4 fully saturated rings. The van der Waals surface area contributed by atoms with E-state index in [-0.39, 0.29) is 12.5 Å². The summed E-state index contributed by atoms with van der Waals surface area (Å²) >= 11 is 2.09. The lowest BCUT2D eigenvalue weighted by molar-refractivity contribution is -0.125. The molecule has 4 aliphatic heterocycles. The molecule has 0 spiro atoms. The Morgan fingerprint density at radius 2 is 2.14 bits per heavy atom. The molecule has 1 N–H and O–H groups in total. The lowest BCUT2D eigenvalue weighted by Crippen LogP contribution is -2.58. The van der Waals surface area contributed by atoms with Crippen molar-refractivity contribution in [1.29, 1.82) is 0 Å². The normalized spacial score (nSPS) is 35.5. The Balaban J connectivity index is 1.45. The smallest absolute Gasteiger partial charge is 0.246 e. The molecule has 0 radical (unpaired) electrons. The van der Waals surface area contributed by atoms with E-state index >= 15 is 0 Å². The quantitative estimate of drug-likeness (QED) is 0.770. The molecular formula is C16H29N3O2S. The number of hydrogen-bond acceptors (Lipinski definition) is 5. The molecule has 4 saturated heterocycles. The number of methoxy groups -OCH3 is 1. The Bertz CT molecular complexity index is 376. The average Bonchev–Trinajstić information content (AvgIpc) is 2.55. The van der Waals surface area contributed by atoms with Gasteiger partial charge in [0.25, 0.3) is 0 Å². The Labute approximate surface area is 138 Å². The van der Waals surface area contributed by atoms with E-state index in [1.807, 2.05) is 0 Å². The van der Waals surface area contributed by atoms with Crippen LogP contribution in [0.25, 0.3) is 0 Å². The topological polar surface area (TPSA) is 44.8 Å². The van der Waals surface area contributed by atoms with Crippen LogP contribution >= 0.6 is 11.8 Å². The molecule has 126 valence electrons. The number of rotatable bonds is 6. The van der Waals surface area contributed by atoms with Crippen molar-refractivity contribution in [3.8, 4) is 0 Å². The van der Waals surface area contributed by atoms with Gasteiger partial charge in [0, 0.05) is 57.4 Å². The first kappa shape index (κ1) is 16.6. The zero-order valence-electron chi connectivity index (χ0n) is 13.6. The molecule has 4 atom stereocenters. The maximum Gasteiger partial charge on any atom is 0.246 e. The standard InChI is InChI=1S/C16H29N3O2S/c1-21-12-16(20)17-9-15-8-13-2-3-19(15)11-14(13)10-18-4-6-22-7-5-18/h13-15H,2-12H2,1H3,(H,17,20)/t13-,14-,15+/m0/s1. The number of amides is 1. The summed E-state index contributed by atoms with van der Waals surface area (Å²) in [4.78, 5) is 16.8. The summed E-state index contributed by atoms with van der Waals surface area (Å²) < 4.78 is 4.87. The molecule has 0 saturated carbocycles. The minimum Gasteiger partial charge on any atom is -0.375 e. The predicted octanol–water partition coefficient (Wildman–Crippen LogP) is 0.508. The number of carbonyl (C=O) groups is 1. The van der Waals surface area contributed by atoms with E-state index in [2.05, 4.69) is 26.9 Å². The molecule has 4 aliphatic rings. The molecule has 2 bridgehead atoms. The number of thioether (sulfide) groups is 1. The molecule has 1 unspecified atom stereocenters. The Kier molecular flexibility index (Phi) is 6.02. The van der Waals surface area contributed by atoms with E-state index in [1.165, 1.54) is 57.1 Å². The number of piperidine rings is 3. The van der Waals surface area contributed by atoms with Gasteiger partial charge in [-0.2, -0.15) is 11.8 Å².